The molecule has 2 heterocycles. The number of hydrogen-bond donors (Lipinski definition) is 2. The van der Waals surface area contributed by atoms with E-state index in [1.165, 1.54) is 18.5 Å². The van der Waals surface area contributed by atoms with Crippen LogP contribution in [0.25, 0.3) is 0 Å². The molecule has 2 rings (SSSR count). The Morgan fingerprint density at radius 1 is 1.53 bits per heavy atom. The summed E-state index contributed by atoms with van der Waals surface area (Å²) in [5.41, 5.74) is 8.12. The highest BCUT2D eigenvalue weighted by atomic mass is 16.3. The Hall–Kier alpha value is -1.13. The number of nitrogens with two attached hydrogens (primary N) is 1. The number of pyridine rings is 1. The predicted molar refractivity (Wildman–Crippen MR) is 78.1 cm³/mol. The first-order valence-electron chi connectivity index (χ1n) is 7.32. The fourth-order valence-corrected chi connectivity index (χ4v) is 2.73. The van der Waals surface area contributed by atoms with Gasteiger partial charge in [0, 0.05) is 25.7 Å². The van der Waals surface area contributed by atoms with Crippen LogP contribution < -0.4 is 10.6 Å². The molecule has 4 heteroatoms. The van der Waals surface area contributed by atoms with Crippen molar-refractivity contribution in [2.45, 2.75) is 38.6 Å². The van der Waals surface area contributed by atoms with Crippen LogP contribution in [0.1, 0.15) is 44.3 Å². The molecule has 19 heavy (non-hydrogen) atoms. The van der Waals surface area contributed by atoms with Crippen LogP contribution in [-0.4, -0.2) is 29.8 Å². The highest BCUT2D eigenvalue weighted by Crippen LogP contribution is 2.25. The maximum atomic E-state index is 9.06. The molecule has 1 saturated heterocycles. The van der Waals surface area contributed by atoms with Crippen molar-refractivity contribution in [3.8, 4) is 0 Å². The number of hydrogen-bond acceptors (Lipinski definition) is 4. The molecular weight excluding hydrogens is 238 g/mol. The normalized spacial score (nSPS) is 21.4. The van der Waals surface area contributed by atoms with E-state index in [1.54, 1.807) is 0 Å². The highest BCUT2D eigenvalue weighted by molar-refractivity contribution is 5.45. The predicted octanol–water partition coefficient (Wildman–Crippen LogP) is 2.09. The Morgan fingerprint density at radius 3 is 3.00 bits per heavy atom. The summed E-state index contributed by atoms with van der Waals surface area (Å²) in [6.07, 6.45) is 6.17. The lowest BCUT2D eigenvalue weighted by molar-refractivity contribution is 0.244. The van der Waals surface area contributed by atoms with Gasteiger partial charge in [-0.1, -0.05) is 6.92 Å². The average molecular weight is 263 g/mol. The van der Waals surface area contributed by atoms with Gasteiger partial charge in [-0.15, -0.1) is 0 Å². The number of nitrogens with zero attached hydrogens (tertiary/aromatic N) is 2. The molecule has 0 saturated carbocycles. The van der Waals surface area contributed by atoms with Crippen molar-refractivity contribution in [2.75, 3.05) is 24.6 Å². The zero-order valence-corrected chi connectivity index (χ0v) is 11.8. The minimum absolute atomic E-state index is 0.0394. The van der Waals surface area contributed by atoms with Crippen LogP contribution in [0.2, 0.25) is 0 Å². The number of aliphatic hydroxyl groups is 1. The van der Waals surface area contributed by atoms with Gasteiger partial charge in [-0.3, -0.25) is 4.98 Å². The molecular formula is C15H25N3O. The Kier molecular flexibility index (Phi) is 5.16. The molecule has 0 amide bonds. The molecule has 0 aromatic carbocycles. The summed E-state index contributed by atoms with van der Waals surface area (Å²) >= 11 is 0. The van der Waals surface area contributed by atoms with E-state index in [0.717, 1.165) is 31.6 Å². The van der Waals surface area contributed by atoms with Crippen LogP contribution in [0.15, 0.2) is 18.3 Å². The third-order valence-corrected chi connectivity index (χ3v) is 4.01. The average Bonchev–Trinajstić information content (AvgIpc) is 2.47. The number of piperidine rings is 1. The third kappa shape index (κ3) is 3.67. The van der Waals surface area contributed by atoms with Gasteiger partial charge >= 0.3 is 0 Å². The molecule has 1 aromatic heterocycles. The van der Waals surface area contributed by atoms with Gasteiger partial charge in [0.05, 0.1) is 17.6 Å². The summed E-state index contributed by atoms with van der Waals surface area (Å²) < 4.78 is 0. The number of anilines is 1. The van der Waals surface area contributed by atoms with Gasteiger partial charge in [-0.05, 0) is 43.7 Å². The zero-order valence-electron chi connectivity index (χ0n) is 11.8. The number of rotatable bonds is 5. The smallest absolute Gasteiger partial charge is 0.0572 e. The number of aliphatic hydroxyl groups excluding tert-OH is 1. The van der Waals surface area contributed by atoms with E-state index >= 15 is 0 Å². The molecule has 1 aliphatic rings. The van der Waals surface area contributed by atoms with E-state index in [-0.39, 0.29) is 6.04 Å². The van der Waals surface area contributed by atoms with E-state index in [1.807, 2.05) is 12.3 Å². The van der Waals surface area contributed by atoms with Crippen molar-refractivity contribution in [1.82, 2.24) is 4.98 Å². The van der Waals surface area contributed by atoms with Crippen LogP contribution in [-0.2, 0) is 0 Å². The second-order valence-corrected chi connectivity index (χ2v) is 5.42. The van der Waals surface area contributed by atoms with Crippen LogP contribution in [0.3, 0.4) is 0 Å². The lowest BCUT2D eigenvalue weighted by Crippen LogP contribution is -2.35. The van der Waals surface area contributed by atoms with Crippen LogP contribution in [0.5, 0.6) is 0 Å². The minimum Gasteiger partial charge on any atom is -0.396 e. The van der Waals surface area contributed by atoms with Crippen LogP contribution in [0.4, 0.5) is 5.69 Å². The molecule has 106 valence electrons. The summed E-state index contributed by atoms with van der Waals surface area (Å²) in [6.45, 7) is 4.48. The molecule has 0 aliphatic carbocycles. The lowest BCUT2D eigenvalue weighted by atomic mass is 9.95. The first-order valence-corrected chi connectivity index (χ1v) is 7.32. The SMILES string of the molecule is CCC(N)c1ccc(N2CCCC(CCO)C2)cn1. The molecule has 2 atom stereocenters. The van der Waals surface area contributed by atoms with E-state index in [0.29, 0.717) is 12.5 Å². The fourth-order valence-electron chi connectivity index (χ4n) is 2.73. The molecule has 1 fully saturated rings. The highest BCUT2D eigenvalue weighted by Gasteiger charge is 2.20. The summed E-state index contributed by atoms with van der Waals surface area (Å²) in [5, 5.41) is 9.06. The minimum atomic E-state index is 0.0394. The van der Waals surface area contributed by atoms with Crippen molar-refractivity contribution < 1.29 is 5.11 Å². The second kappa shape index (κ2) is 6.87. The Morgan fingerprint density at radius 2 is 2.37 bits per heavy atom. The quantitative estimate of drug-likeness (QED) is 0.854. The van der Waals surface area contributed by atoms with Crippen molar-refractivity contribution >= 4 is 5.69 Å². The van der Waals surface area contributed by atoms with Gasteiger partial charge in [0.2, 0.25) is 0 Å². The Labute approximate surface area is 115 Å². The van der Waals surface area contributed by atoms with Gasteiger partial charge in [0.25, 0.3) is 0 Å². The Bertz CT molecular complexity index is 377. The zero-order chi connectivity index (χ0) is 13.7. The van der Waals surface area contributed by atoms with Gasteiger partial charge in [-0.25, -0.2) is 0 Å². The molecule has 0 radical (unpaired) electrons. The summed E-state index contributed by atoms with van der Waals surface area (Å²) in [4.78, 5) is 6.85. The first-order chi connectivity index (χ1) is 9.24. The molecule has 0 spiro atoms. The van der Waals surface area contributed by atoms with E-state index in [4.69, 9.17) is 10.8 Å². The monoisotopic (exact) mass is 263 g/mol. The lowest BCUT2D eigenvalue weighted by Gasteiger charge is -2.34. The fraction of sp³-hybridized carbons (Fsp3) is 0.667. The molecule has 2 unspecified atom stereocenters. The molecule has 1 aliphatic heterocycles. The summed E-state index contributed by atoms with van der Waals surface area (Å²) in [6, 6.07) is 4.20. The summed E-state index contributed by atoms with van der Waals surface area (Å²) in [7, 11) is 0. The molecule has 0 bridgehead atoms. The molecule has 1 aromatic rings. The van der Waals surface area contributed by atoms with E-state index in [2.05, 4.69) is 22.9 Å². The molecule has 4 nitrogen and oxygen atoms in total. The second-order valence-electron chi connectivity index (χ2n) is 5.42. The topological polar surface area (TPSA) is 62.4 Å². The summed E-state index contributed by atoms with van der Waals surface area (Å²) in [5.74, 6) is 0.608. The van der Waals surface area contributed by atoms with Crippen molar-refractivity contribution in [2.24, 2.45) is 11.7 Å². The maximum absolute atomic E-state index is 9.06. The van der Waals surface area contributed by atoms with Crippen molar-refractivity contribution in [1.29, 1.82) is 0 Å². The Balaban J connectivity index is 2.01. The number of aromatic nitrogens is 1. The van der Waals surface area contributed by atoms with Gasteiger partial charge in [0.1, 0.15) is 0 Å². The van der Waals surface area contributed by atoms with E-state index < -0.39 is 0 Å². The van der Waals surface area contributed by atoms with Crippen LogP contribution >= 0.6 is 0 Å². The van der Waals surface area contributed by atoms with Crippen LogP contribution in [0, 0.1) is 5.92 Å². The van der Waals surface area contributed by atoms with Gasteiger partial charge in [0.15, 0.2) is 0 Å². The van der Waals surface area contributed by atoms with Gasteiger partial charge in [-0.2, -0.15) is 0 Å². The largest absolute Gasteiger partial charge is 0.396 e. The van der Waals surface area contributed by atoms with Crippen molar-refractivity contribution in [3.05, 3.63) is 24.0 Å². The maximum Gasteiger partial charge on any atom is 0.0572 e. The van der Waals surface area contributed by atoms with Gasteiger partial charge < -0.3 is 15.7 Å². The first kappa shape index (κ1) is 14.3. The molecule has 3 N–H and O–H groups in total. The third-order valence-electron chi connectivity index (χ3n) is 4.01. The standard InChI is InChI=1S/C15H25N3O/c1-2-14(16)15-6-5-13(10-17-15)18-8-3-4-12(11-18)7-9-19/h5-6,10,12,14,19H,2-4,7-9,11,16H2,1H3. The van der Waals surface area contributed by atoms with Crippen molar-refractivity contribution in [3.63, 3.8) is 0 Å². The van der Waals surface area contributed by atoms with E-state index in [9.17, 15) is 0 Å².